The van der Waals surface area contributed by atoms with Crippen molar-refractivity contribution in [2.45, 2.75) is 30.8 Å². The second-order valence-electron chi connectivity index (χ2n) is 7.73. The van der Waals surface area contributed by atoms with Crippen LogP contribution < -0.4 is 19.5 Å². The number of hydrogen-bond acceptors (Lipinski definition) is 6. The van der Waals surface area contributed by atoms with E-state index in [1.807, 2.05) is 0 Å². The molecular weight excluding hydrogens is 458 g/mol. The van der Waals surface area contributed by atoms with E-state index in [2.05, 4.69) is 10.1 Å². The predicted molar refractivity (Wildman–Crippen MR) is 115 cm³/mol. The van der Waals surface area contributed by atoms with Gasteiger partial charge in [0.2, 0.25) is 15.9 Å². The first kappa shape index (κ1) is 23.2. The molecule has 2 aliphatic heterocycles. The number of alkyl halides is 2. The molecule has 4 rings (SSSR count). The van der Waals surface area contributed by atoms with Gasteiger partial charge in [-0.1, -0.05) is 6.07 Å². The third kappa shape index (κ3) is 5.53. The third-order valence-electron chi connectivity index (χ3n) is 5.51. The highest BCUT2D eigenvalue weighted by atomic mass is 32.2. The lowest BCUT2D eigenvalue weighted by Crippen LogP contribution is -2.41. The Bertz CT molecular complexity index is 1100. The first-order valence-electron chi connectivity index (χ1n) is 10.6. The Labute approximate surface area is 190 Å². The number of hydrogen-bond donors (Lipinski definition) is 1. The van der Waals surface area contributed by atoms with Crippen LogP contribution in [0, 0.1) is 5.92 Å². The van der Waals surface area contributed by atoms with E-state index in [0.717, 1.165) is 6.42 Å². The average Bonchev–Trinajstić information content (AvgIpc) is 3.04. The van der Waals surface area contributed by atoms with Crippen molar-refractivity contribution in [3.8, 4) is 17.2 Å². The van der Waals surface area contributed by atoms with Gasteiger partial charge in [0, 0.05) is 43.2 Å². The van der Waals surface area contributed by atoms with Crippen molar-refractivity contribution >= 4 is 21.6 Å². The predicted octanol–water partition coefficient (Wildman–Crippen LogP) is 3.49. The van der Waals surface area contributed by atoms with Crippen molar-refractivity contribution in [3.05, 3.63) is 42.5 Å². The minimum Gasteiger partial charge on any atom is -0.490 e. The van der Waals surface area contributed by atoms with Gasteiger partial charge in [-0.05, 0) is 37.1 Å². The standard InChI is InChI=1S/C22H24F2N2O6S/c23-22(24)32-17-4-1-3-16(13-17)25-21(27)15-7-9-26(10-8-15)33(28,29)18-5-6-19-20(14-18)31-12-2-11-30-19/h1,3-6,13-15,22H,2,7-12H2,(H,25,27). The lowest BCUT2D eigenvalue weighted by Gasteiger charge is -2.30. The van der Waals surface area contributed by atoms with E-state index in [1.54, 1.807) is 12.1 Å². The number of carbonyl (C=O) groups is 1. The Balaban J connectivity index is 1.37. The molecule has 1 fully saturated rings. The summed E-state index contributed by atoms with van der Waals surface area (Å²) in [7, 11) is -3.75. The fraction of sp³-hybridized carbons (Fsp3) is 0.409. The summed E-state index contributed by atoms with van der Waals surface area (Å²) < 4.78 is 67.8. The molecule has 0 bridgehead atoms. The fourth-order valence-corrected chi connectivity index (χ4v) is 5.29. The van der Waals surface area contributed by atoms with E-state index in [1.165, 1.54) is 34.6 Å². The second-order valence-corrected chi connectivity index (χ2v) is 9.67. The summed E-state index contributed by atoms with van der Waals surface area (Å²) in [6.45, 7) is -1.63. The van der Waals surface area contributed by atoms with Crippen molar-refractivity contribution in [1.82, 2.24) is 4.31 Å². The highest BCUT2D eigenvalue weighted by molar-refractivity contribution is 7.89. The van der Waals surface area contributed by atoms with Gasteiger partial charge < -0.3 is 19.5 Å². The van der Waals surface area contributed by atoms with Crippen LogP contribution in [0.5, 0.6) is 17.2 Å². The van der Waals surface area contributed by atoms with Gasteiger partial charge in [-0.3, -0.25) is 4.79 Å². The fourth-order valence-electron chi connectivity index (χ4n) is 3.81. The zero-order chi connectivity index (χ0) is 23.4. The number of anilines is 1. The van der Waals surface area contributed by atoms with Crippen molar-refractivity contribution in [2.75, 3.05) is 31.6 Å². The van der Waals surface area contributed by atoms with E-state index in [4.69, 9.17) is 9.47 Å². The molecule has 0 unspecified atom stereocenters. The van der Waals surface area contributed by atoms with E-state index in [9.17, 15) is 22.0 Å². The van der Waals surface area contributed by atoms with Crippen LogP contribution in [0.4, 0.5) is 14.5 Å². The van der Waals surface area contributed by atoms with Gasteiger partial charge in [-0.15, -0.1) is 0 Å². The Morgan fingerprint density at radius 3 is 2.52 bits per heavy atom. The Kier molecular flexibility index (Phi) is 6.99. The Hall–Kier alpha value is -2.92. The largest absolute Gasteiger partial charge is 0.490 e. The molecule has 1 amide bonds. The minimum absolute atomic E-state index is 0.0566. The first-order valence-corrected chi connectivity index (χ1v) is 12.0. The maximum Gasteiger partial charge on any atom is 0.387 e. The molecule has 178 valence electrons. The van der Waals surface area contributed by atoms with Crippen LogP contribution in [-0.4, -0.2) is 51.5 Å². The van der Waals surface area contributed by atoms with Gasteiger partial charge in [-0.25, -0.2) is 8.42 Å². The number of sulfonamides is 1. The summed E-state index contributed by atoms with van der Waals surface area (Å²) in [5.74, 6) is 0.168. The summed E-state index contributed by atoms with van der Waals surface area (Å²) in [4.78, 5) is 12.7. The molecular formula is C22H24F2N2O6S. The lowest BCUT2D eigenvalue weighted by molar-refractivity contribution is -0.120. The molecule has 0 aromatic heterocycles. The number of carbonyl (C=O) groups excluding carboxylic acids is 1. The summed E-state index contributed by atoms with van der Waals surface area (Å²) in [6.07, 6.45) is 1.39. The van der Waals surface area contributed by atoms with Crippen LogP contribution in [0.15, 0.2) is 47.4 Å². The Morgan fingerprint density at radius 1 is 1.06 bits per heavy atom. The summed E-state index contributed by atoms with van der Waals surface area (Å²) in [5, 5.41) is 2.69. The molecule has 0 aliphatic carbocycles. The van der Waals surface area contributed by atoms with Crippen LogP contribution >= 0.6 is 0 Å². The number of nitrogens with one attached hydrogen (secondary N) is 1. The van der Waals surface area contributed by atoms with E-state index in [-0.39, 0.29) is 29.6 Å². The quantitative estimate of drug-likeness (QED) is 0.678. The number of fused-ring (bicyclic) bond motifs is 1. The van der Waals surface area contributed by atoms with E-state index >= 15 is 0 Å². The van der Waals surface area contributed by atoms with Gasteiger partial charge >= 0.3 is 6.61 Å². The maximum atomic E-state index is 13.1. The van der Waals surface area contributed by atoms with Crippen molar-refractivity contribution in [2.24, 2.45) is 5.92 Å². The van der Waals surface area contributed by atoms with Gasteiger partial charge in [0.25, 0.3) is 0 Å². The van der Waals surface area contributed by atoms with E-state index in [0.29, 0.717) is 43.2 Å². The van der Waals surface area contributed by atoms with Crippen LogP contribution in [0.1, 0.15) is 19.3 Å². The number of amides is 1. The number of nitrogens with zero attached hydrogens (tertiary/aromatic N) is 1. The molecule has 33 heavy (non-hydrogen) atoms. The summed E-state index contributed by atoms with van der Waals surface area (Å²) in [6, 6.07) is 10.3. The third-order valence-corrected chi connectivity index (χ3v) is 7.40. The zero-order valence-electron chi connectivity index (χ0n) is 17.7. The zero-order valence-corrected chi connectivity index (χ0v) is 18.5. The number of ether oxygens (including phenoxy) is 3. The molecule has 0 saturated carbocycles. The second kappa shape index (κ2) is 9.92. The lowest BCUT2D eigenvalue weighted by atomic mass is 9.97. The molecule has 11 heteroatoms. The number of halogens is 2. The number of piperidine rings is 1. The van der Waals surface area contributed by atoms with Crippen molar-refractivity contribution < 1.29 is 36.2 Å². The van der Waals surface area contributed by atoms with Gasteiger partial charge in [0.1, 0.15) is 5.75 Å². The van der Waals surface area contributed by atoms with Crippen molar-refractivity contribution in [1.29, 1.82) is 0 Å². The highest BCUT2D eigenvalue weighted by Crippen LogP contribution is 2.34. The maximum absolute atomic E-state index is 13.1. The monoisotopic (exact) mass is 482 g/mol. The normalized spacial score (nSPS) is 17.4. The summed E-state index contributed by atoms with van der Waals surface area (Å²) >= 11 is 0. The highest BCUT2D eigenvalue weighted by Gasteiger charge is 2.33. The number of benzene rings is 2. The van der Waals surface area contributed by atoms with Gasteiger partial charge in [-0.2, -0.15) is 13.1 Å². The molecule has 2 aliphatic rings. The molecule has 1 saturated heterocycles. The van der Waals surface area contributed by atoms with Crippen LogP contribution in [0.25, 0.3) is 0 Å². The molecule has 0 radical (unpaired) electrons. The molecule has 0 atom stereocenters. The molecule has 2 heterocycles. The minimum atomic E-state index is -3.75. The Morgan fingerprint density at radius 2 is 1.79 bits per heavy atom. The van der Waals surface area contributed by atoms with Gasteiger partial charge in [0.05, 0.1) is 18.1 Å². The average molecular weight is 483 g/mol. The van der Waals surface area contributed by atoms with E-state index < -0.39 is 22.6 Å². The smallest absolute Gasteiger partial charge is 0.387 e. The number of rotatable bonds is 6. The first-order chi connectivity index (χ1) is 15.8. The SMILES string of the molecule is O=C(Nc1cccc(OC(F)F)c1)C1CCN(S(=O)(=O)c2ccc3c(c2)OCCCO3)CC1. The van der Waals surface area contributed by atoms with Crippen LogP contribution in [0.3, 0.4) is 0 Å². The summed E-state index contributed by atoms with van der Waals surface area (Å²) in [5.41, 5.74) is 0.334. The van der Waals surface area contributed by atoms with Gasteiger partial charge in [0.15, 0.2) is 11.5 Å². The molecule has 0 spiro atoms. The molecule has 8 nitrogen and oxygen atoms in total. The van der Waals surface area contributed by atoms with Crippen LogP contribution in [0.2, 0.25) is 0 Å². The molecule has 1 N–H and O–H groups in total. The van der Waals surface area contributed by atoms with Crippen LogP contribution in [-0.2, 0) is 14.8 Å². The van der Waals surface area contributed by atoms with Crippen molar-refractivity contribution in [3.63, 3.8) is 0 Å². The molecule has 2 aromatic carbocycles. The molecule has 2 aromatic rings. The topological polar surface area (TPSA) is 94.2 Å².